The Morgan fingerprint density at radius 3 is 1.90 bits per heavy atom. The molecule has 230 valence electrons. The van der Waals surface area contributed by atoms with E-state index in [0.29, 0.717) is 0 Å². The van der Waals surface area contributed by atoms with Gasteiger partial charge in [-0.3, -0.25) is 19.2 Å². The molecule has 41 heavy (non-hydrogen) atoms. The van der Waals surface area contributed by atoms with E-state index >= 15 is 0 Å². The predicted octanol–water partition coefficient (Wildman–Crippen LogP) is 6.11. The lowest BCUT2D eigenvalue weighted by molar-refractivity contribution is -0.182. The van der Waals surface area contributed by atoms with Crippen molar-refractivity contribution in [2.75, 3.05) is 6.61 Å². The van der Waals surface area contributed by atoms with Gasteiger partial charge in [0.2, 0.25) is 5.91 Å². The molecule has 1 fully saturated rings. The number of hydrogen-bond acceptors (Lipinski definition) is 7. The molecule has 4 atom stereocenters. The highest BCUT2D eigenvalue weighted by Gasteiger charge is 2.68. The van der Waals surface area contributed by atoms with E-state index in [-0.39, 0.29) is 22.6 Å². The SMILES string of the molecule is CC(=O)OCC(=O)C(C)(C(=O)OCc1ccccc1)C1C([C@@H](C)O[Si](C)(C)C(C)(C)C)C(=O)N1[Si](C)(C)C(C)(C)C. The molecule has 0 spiro atoms. The Balaban J connectivity index is 2.67. The Hall–Kier alpha value is -2.31. The quantitative estimate of drug-likeness (QED) is 0.130. The molecule has 1 saturated heterocycles. The lowest BCUT2D eigenvalue weighted by Gasteiger charge is -2.63. The van der Waals surface area contributed by atoms with Crippen LogP contribution in [-0.2, 0) is 39.7 Å². The Morgan fingerprint density at radius 2 is 1.44 bits per heavy atom. The van der Waals surface area contributed by atoms with Gasteiger partial charge in [-0.1, -0.05) is 85.0 Å². The Morgan fingerprint density at radius 1 is 0.902 bits per heavy atom. The smallest absolute Gasteiger partial charge is 0.321 e. The lowest BCUT2D eigenvalue weighted by atomic mass is 9.67. The number of amides is 1. The Kier molecular flexibility index (Phi) is 10.3. The van der Waals surface area contributed by atoms with E-state index in [9.17, 15) is 19.2 Å². The Bertz CT molecular complexity index is 1140. The number of β-lactam (4-membered cyclic amide) rings is 1. The second-order valence-corrected chi connectivity index (χ2v) is 24.4. The molecule has 1 heterocycles. The monoisotopic (exact) mass is 605 g/mol. The van der Waals surface area contributed by atoms with Crippen molar-refractivity contribution in [3.63, 3.8) is 0 Å². The van der Waals surface area contributed by atoms with Crippen molar-refractivity contribution >= 4 is 40.2 Å². The second-order valence-electron chi connectivity index (χ2n) is 14.5. The summed E-state index contributed by atoms with van der Waals surface area (Å²) in [6.07, 6.45) is -0.544. The fourth-order valence-electron chi connectivity index (χ4n) is 4.88. The van der Waals surface area contributed by atoms with E-state index in [1.54, 1.807) is 4.57 Å². The van der Waals surface area contributed by atoms with Gasteiger partial charge in [-0.2, -0.15) is 0 Å². The first-order valence-electron chi connectivity index (χ1n) is 14.4. The summed E-state index contributed by atoms with van der Waals surface area (Å²) in [6, 6.07) is 8.39. The highest BCUT2D eigenvalue weighted by Crippen LogP contribution is 2.52. The number of nitrogens with zero attached hydrogens (tertiary/aromatic N) is 1. The van der Waals surface area contributed by atoms with Crippen LogP contribution in [0, 0.1) is 11.3 Å². The molecule has 0 aromatic heterocycles. The number of carbonyl (C=O) groups excluding carboxylic acids is 4. The van der Waals surface area contributed by atoms with E-state index in [4.69, 9.17) is 13.9 Å². The van der Waals surface area contributed by atoms with Gasteiger partial charge in [0.05, 0.1) is 18.1 Å². The van der Waals surface area contributed by atoms with Crippen molar-refractivity contribution in [1.29, 1.82) is 0 Å². The van der Waals surface area contributed by atoms with Crippen LogP contribution in [0.1, 0.15) is 67.9 Å². The third kappa shape index (κ3) is 7.02. The first-order chi connectivity index (χ1) is 18.5. The van der Waals surface area contributed by atoms with Gasteiger partial charge in [0, 0.05) is 6.92 Å². The van der Waals surface area contributed by atoms with Gasteiger partial charge < -0.3 is 18.5 Å². The molecule has 1 aliphatic rings. The standard InChI is InChI=1S/C31H51NO7Si2/c1-21(39-41(12,13)30(6,7)8)25-26(32(27(25)35)40(10,11)29(3,4)5)31(9,24(34)20-37-22(2)33)28(36)38-19-23-17-15-14-16-18-23/h14-18,21,25-26H,19-20H2,1-13H3/t21-,25?,26?,31?/m1/s1. The minimum atomic E-state index is -2.59. The van der Waals surface area contributed by atoms with Gasteiger partial charge in [-0.05, 0) is 42.6 Å². The number of ketones is 1. The fraction of sp³-hybridized carbons (Fsp3) is 0.677. The van der Waals surface area contributed by atoms with Crippen LogP contribution in [0.5, 0.6) is 0 Å². The van der Waals surface area contributed by atoms with Crippen LogP contribution in [0.3, 0.4) is 0 Å². The summed E-state index contributed by atoms with van der Waals surface area (Å²) in [7, 11) is -4.90. The third-order valence-electron chi connectivity index (χ3n) is 9.59. The summed E-state index contributed by atoms with van der Waals surface area (Å²) in [6.45, 7) is 25.0. The summed E-state index contributed by atoms with van der Waals surface area (Å²) in [4.78, 5) is 53.8. The van der Waals surface area contributed by atoms with Crippen LogP contribution < -0.4 is 0 Å². The summed E-state index contributed by atoms with van der Waals surface area (Å²) in [5, 5.41) is -0.366. The number of carbonyl (C=O) groups is 4. The number of Topliss-reactive ketones (excluding diaryl/α,β-unsaturated/α-hetero) is 1. The van der Waals surface area contributed by atoms with E-state index in [1.165, 1.54) is 13.8 Å². The van der Waals surface area contributed by atoms with Crippen LogP contribution in [0.15, 0.2) is 30.3 Å². The van der Waals surface area contributed by atoms with Gasteiger partial charge in [-0.25, -0.2) is 0 Å². The molecule has 8 nitrogen and oxygen atoms in total. The topological polar surface area (TPSA) is 99.2 Å². The summed E-state index contributed by atoms with van der Waals surface area (Å²) < 4.78 is 19.4. The predicted molar refractivity (Wildman–Crippen MR) is 165 cm³/mol. The maximum Gasteiger partial charge on any atom is 0.321 e. The molecule has 0 saturated carbocycles. The van der Waals surface area contributed by atoms with Crippen molar-refractivity contribution in [1.82, 2.24) is 4.57 Å². The normalized spacial score (nSPS) is 20.5. The lowest BCUT2D eigenvalue weighted by Crippen LogP contribution is -2.80. The van der Waals surface area contributed by atoms with E-state index < -0.39 is 64.4 Å². The van der Waals surface area contributed by atoms with Gasteiger partial charge >= 0.3 is 11.9 Å². The van der Waals surface area contributed by atoms with Gasteiger partial charge in [0.1, 0.15) is 12.0 Å². The molecule has 1 aliphatic heterocycles. The summed E-state index contributed by atoms with van der Waals surface area (Å²) in [5.74, 6) is -2.83. The van der Waals surface area contributed by atoms with Crippen molar-refractivity contribution in [3.05, 3.63) is 35.9 Å². The number of benzene rings is 1. The van der Waals surface area contributed by atoms with Crippen LogP contribution >= 0.6 is 0 Å². The number of rotatable bonds is 11. The molecular formula is C31H51NO7Si2. The van der Waals surface area contributed by atoms with Gasteiger partial charge in [0.25, 0.3) is 0 Å². The van der Waals surface area contributed by atoms with Gasteiger partial charge in [0.15, 0.2) is 28.9 Å². The van der Waals surface area contributed by atoms with Crippen molar-refractivity contribution < 1.29 is 33.1 Å². The van der Waals surface area contributed by atoms with Crippen molar-refractivity contribution in [2.24, 2.45) is 11.3 Å². The molecular weight excluding hydrogens is 555 g/mol. The van der Waals surface area contributed by atoms with Crippen molar-refractivity contribution in [3.8, 4) is 0 Å². The van der Waals surface area contributed by atoms with Crippen LogP contribution in [0.25, 0.3) is 0 Å². The largest absolute Gasteiger partial charge is 0.460 e. The highest BCUT2D eigenvalue weighted by atomic mass is 28.4. The molecule has 0 bridgehead atoms. The molecule has 1 aromatic rings. The maximum absolute atomic E-state index is 14.1. The molecule has 0 aliphatic carbocycles. The summed E-state index contributed by atoms with van der Waals surface area (Å²) >= 11 is 0. The molecule has 2 rings (SSSR count). The minimum Gasteiger partial charge on any atom is -0.460 e. The second kappa shape index (κ2) is 12.1. The van der Waals surface area contributed by atoms with Crippen molar-refractivity contribution in [2.45, 2.75) is 117 Å². The zero-order valence-corrected chi connectivity index (χ0v) is 29.3. The average Bonchev–Trinajstić information content (AvgIpc) is 2.82. The van der Waals surface area contributed by atoms with E-state index in [0.717, 1.165) is 5.56 Å². The third-order valence-corrected chi connectivity index (χ3v) is 19.5. The fourth-order valence-corrected chi connectivity index (χ4v) is 8.84. The average molecular weight is 606 g/mol. The first-order valence-corrected chi connectivity index (χ1v) is 20.2. The number of ether oxygens (including phenoxy) is 2. The van der Waals surface area contributed by atoms with Gasteiger partial charge in [-0.15, -0.1) is 0 Å². The minimum absolute atomic E-state index is 0.0302. The van der Waals surface area contributed by atoms with Crippen LogP contribution in [0.2, 0.25) is 36.3 Å². The summed E-state index contributed by atoms with van der Waals surface area (Å²) in [5.41, 5.74) is -1.02. The zero-order valence-electron chi connectivity index (χ0n) is 27.3. The molecule has 1 amide bonds. The van der Waals surface area contributed by atoms with Crippen LogP contribution in [-0.4, -0.2) is 63.5 Å². The Labute approximate surface area is 248 Å². The molecule has 0 N–H and O–H groups in total. The van der Waals surface area contributed by atoms with Crippen LogP contribution in [0.4, 0.5) is 0 Å². The molecule has 0 radical (unpaired) electrons. The molecule has 3 unspecified atom stereocenters. The number of hydrogen-bond donors (Lipinski definition) is 0. The molecule has 10 heteroatoms. The molecule has 1 aromatic carbocycles. The first kappa shape index (κ1) is 34.9. The zero-order chi connectivity index (χ0) is 31.8. The number of esters is 2. The van der Waals surface area contributed by atoms with E-state index in [2.05, 4.69) is 67.7 Å². The highest BCUT2D eigenvalue weighted by molar-refractivity contribution is 6.80. The van der Waals surface area contributed by atoms with E-state index in [1.807, 2.05) is 37.3 Å². The maximum atomic E-state index is 14.1.